The Morgan fingerprint density at radius 2 is 2.22 bits per heavy atom. The summed E-state index contributed by atoms with van der Waals surface area (Å²) in [6, 6.07) is 4.23. The number of thiophene rings is 1. The van der Waals surface area contributed by atoms with Crippen molar-refractivity contribution in [2.24, 2.45) is 16.6 Å². The van der Waals surface area contributed by atoms with Gasteiger partial charge >= 0.3 is 0 Å². The monoisotopic (exact) mass is 379 g/mol. The van der Waals surface area contributed by atoms with E-state index in [9.17, 15) is 0 Å². The number of halogens is 1. The molecule has 0 unspecified atom stereocenters. The molecule has 1 aliphatic rings. The Hall–Kier alpha value is -0.300. The van der Waals surface area contributed by atoms with Crippen LogP contribution in [0.1, 0.15) is 30.6 Å². The number of hydrogen-bond acceptors (Lipinski definition) is 2. The quantitative estimate of drug-likeness (QED) is 0.470. The van der Waals surface area contributed by atoms with Crippen LogP contribution in [0.25, 0.3) is 0 Å². The molecule has 1 heterocycles. The van der Waals surface area contributed by atoms with Gasteiger partial charge in [0.05, 0.1) is 0 Å². The summed E-state index contributed by atoms with van der Waals surface area (Å²) in [7, 11) is 0. The zero-order chi connectivity index (χ0) is 11.9. The van der Waals surface area contributed by atoms with E-state index >= 15 is 0 Å². The van der Waals surface area contributed by atoms with Crippen LogP contribution in [-0.2, 0) is 6.42 Å². The number of rotatable bonds is 5. The van der Waals surface area contributed by atoms with Crippen molar-refractivity contribution in [3.05, 3.63) is 22.4 Å². The van der Waals surface area contributed by atoms with Gasteiger partial charge in [-0.25, -0.2) is 0 Å². The molecule has 1 aromatic heterocycles. The standard InChI is InChI=1S/C13H21N3S.HI/c14-13(16-10-11-4-1-2-5-11)15-8-7-12-6-3-9-17-12;/h3,6,9,11H,1-2,4-5,7-8,10H2,(H3,14,15,16);1H. The van der Waals surface area contributed by atoms with Gasteiger partial charge in [-0.05, 0) is 36.6 Å². The van der Waals surface area contributed by atoms with Crippen LogP contribution in [0.2, 0.25) is 0 Å². The first-order valence-electron chi connectivity index (χ1n) is 6.41. The van der Waals surface area contributed by atoms with Crippen molar-refractivity contribution in [1.29, 1.82) is 0 Å². The summed E-state index contributed by atoms with van der Waals surface area (Å²) in [4.78, 5) is 5.80. The number of nitrogens with two attached hydrogens (primary N) is 1. The highest BCUT2D eigenvalue weighted by atomic mass is 127. The molecule has 0 aromatic carbocycles. The highest BCUT2D eigenvalue weighted by molar-refractivity contribution is 14.0. The minimum Gasteiger partial charge on any atom is -0.370 e. The molecule has 0 aliphatic heterocycles. The Morgan fingerprint density at radius 1 is 1.44 bits per heavy atom. The van der Waals surface area contributed by atoms with Gasteiger partial charge in [0.1, 0.15) is 0 Å². The van der Waals surface area contributed by atoms with E-state index in [-0.39, 0.29) is 24.0 Å². The van der Waals surface area contributed by atoms with Gasteiger partial charge in [-0.2, -0.15) is 0 Å². The highest BCUT2D eigenvalue weighted by Gasteiger charge is 2.13. The second-order valence-corrected chi connectivity index (χ2v) is 5.66. The first kappa shape index (κ1) is 15.8. The van der Waals surface area contributed by atoms with Gasteiger partial charge in [0, 0.05) is 18.0 Å². The van der Waals surface area contributed by atoms with Crippen molar-refractivity contribution < 1.29 is 0 Å². The molecule has 3 nitrogen and oxygen atoms in total. The minimum absolute atomic E-state index is 0. The van der Waals surface area contributed by atoms with Crippen molar-refractivity contribution in [2.45, 2.75) is 32.1 Å². The predicted octanol–water partition coefficient (Wildman–Crippen LogP) is 3.00. The van der Waals surface area contributed by atoms with E-state index in [0.717, 1.165) is 25.4 Å². The fourth-order valence-corrected chi connectivity index (χ4v) is 2.95. The lowest BCUT2D eigenvalue weighted by Crippen LogP contribution is -2.33. The summed E-state index contributed by atoms with van der Waals surface area (Å²) < 4.78 is 0. The van der Waals surface area contributed by atoms with Crippen molar-refractivity contribution in [1.82, 2.24) is 5.32 Å². The molecule has 102 valence electrons. The summed E-state index contributed by atoms with van der Waals surface area (Å²) in [6.45, 7) is 1.78. The van der Waals surface area contributed by atoms with E-state index in [4.69, 9.17) is 5.73 Å². The molecule has 0 bridgehead atoms. The second kappa shape index (κ2) is 8.74. The van der Waals surface area contributed by atoms with E-state index in [1.807, 2.05) is 0 Å². The van der Waals surface area contributed by atoms with Crippen molar-refractivity contribution in [3.63, 3.8) is 0 Å². The average molecular weight is 379 g/mol. The van der Waals surface area contributed by atoms with E-state index in [2.05, 4.69) is 27.8 Å². The zero-order valence-electron chi connectivity index (χ0n) is 10.6. The van der Waals surface area contributed by atoms with Crippen LogP contribution in [0.4, 0.5) is 0 Å². The Kier molecular flexibility index (Phi) is 7.65. The SMILES string of the molecule is I.NC(=NCC1CCCC1)NCCc1cccs1. The van der Waals surface area contributed by atoms with Gasteiger partial charge in [0.2, 0.25) is 0 Å². The normalized spacial score (nSPS) is 16.6. The van der Waals surface area contributed by atoms with Gasteiger partial charge in [-0.1, -0.05) is 18.9 Å². The molecule has 18 heavy (non-hydrogen) atoms. The fourth-order valence-electron chi connectivity index (χ4n) is 2.24. The number of hydrogen-bond donors (Lipinski definition) is 2. The van der Waals surface area contributed by atoms with Crippen LogP contribution < -0.4 is 11.1 Å². The lowest BCUT2D eigenvalue weighted by atomic mass is 10.1. The van der Waals surface area contributed by atoms with Crippen LogP contribution in [0.5, 0.6) is 0 Å². The van der Waals surface area contributed by atoms with Crippen LogP contribution in [0.15, 0.2) is 22.5 Å². The summed E-state index contributed by atoms with van der Waals surface area (Å²) >= 11 is 1.79. The second-order valence-electron chi connectivity index (χ2n) is 4.63. The molecule has 1 saturated carbocycles. The molecule has 3 N–H and O–H groups in total. The molecule has 1 aromatic rings. The van der Waals surface area contributed by atoms with Crippen molar-refractivity contribution in [3.8, 4) is 0 Å². The Labute approximate surface area is 130 Å². The van der Waals surface area contributed by atoms with Crippen LogP contribution in [0, 0.1) is 5.92 Å². The molecular weight excluding hydrogens is 357 g/mol. The van der Waals surface area contributed by atoms with Gasteiger partial charge in [-0.3, -0.25) is 4.99 Å². The maximum absolute atomic E-state index is 5.83. The third kappa shape index (κ3) is 5.56. The zero-order valence-corrected chi connectivity index (χ0v) is 13.7. The lowest BCUT2D eigenvalue weighted by Gasteiger charge is -2.07. The summed E-state index contributed by atoms with van der Waals surface area (Å²) in [5, 5.41) is 5.28. The molecule has 0 atom stereocenters. The Bertz CT molecular complexity index is 345. The van der Waals surface area contributed by atoms with Gasteiger partial charge in [0.25, 0.3) is 0 Å². The molecule has 2 rings (SSSR count). The molecule has 1 fully saturated rings. The fraction of sp³-hybridized carbons (Fsp3) is 0.615. The summed E-state index contributed by atoms with van der Waals surface area (Å²) in [5.74, 6) is 1.38. The summed E-state index contributed by atoms with van der Waals surface area (Å²) in [5.41, 5.74) is 5.83. The highest BCUT2D eigenvalue weighted by Crippen LogP contribution is 2.24. The Balaban J connectivity index is 0.00000162. The largest absolute Gasteiger partial charge is 0.370 e. The third-order valence-corrected chi connectivity index (χ3v) is 4.19. The third-order valence-electron chi connectivity index (χ3n) is 3.25. The van der Waals surface area contributed by atoms with Crippen molar-refractivity contribution in [2.75, 3.05) is 13.1 Å². The summed E-state index contributed by atoms with van der Waals surface area (Å²) in [6.07, 6.45) is 6.41. The Morgan fingerprint density at radius 3 is 2.89 bits per heavy atom. The average Bonchev–Trinajstić information content (AvgIpc) is 2.99. The topological polar surface area (TPSA) is 50.4 Å². The lowest BCUT2D eigenvalue weighted by molar-refractivity contribution is 0.561. The number of nitrogens with one attached hydrogen (secondary N) is 1. The molecule has 0 saturated heterocycles. The minimum atomic E-state index is 0. The molecule has 5 heteroatoms. The van der Waals surface area contributed by atoms with Gasteiger partial charge < -0.3 is 11.1 Å². The molecule has 0 radical (unpaired) electrons. The smallest absolute Gasteiger partial charge is 0.188 e. The maximum atomic E-state index is 5.83. The number of aliphatic imine (C=N–C) groups is 1. The molecular formula is C13H22IN3S. The molecule has 0 spiro atoms. The van der Waals surface area contributed by atoms with Gasteiger partial charge in [-0.15, -0.1) is 35.3 Å². The van der Waals surface area contributed by atoms with E-state index in [1.165, 1.54) is 30.6 Å². The molecule has 0 amide bonds. The van der Waals surface area contributed by atoms with Crippen LogP contribution >= 0.6 is 35.3 Å². The van der Waals surface area contributed by atoms with Crippen LogP contribution in [0.3, 0.4) is 0 Å². The predicted molar refractivity (Wildman–Crippen MR) is 89.9 cm³/mol. The first-order valence-corrected chi connectivity index (χ1v) is 7.29. The maximum Gasteiger partial charge on any atom is 0.188 e. The number of nitrogens with zero attached hydrogens (tertiary/aromatic N) is 1. The van der Waals surface area contributed by atoms with E-state index in [0.29, 0.717) is 5.96 Å². The van der Waals surface area contributed by atoms with E-state index in [1.54, 1.807) is 11.3 Å². The van der Waals surface area contributed by atoms with Crippen LogP contribution in [-0.4, -0.2) is 19.0 Å². The molecule has 1 aliphatic carbocycles. The van der Waals surface area contributed by atoms with E-state index < -0.39 is 0 Å². The van der Waals surface area contributed by atoms with Crippen molar-refractivity contribution >= 4 is 41.3 Å². The number of guanidine groups is 1. The first-order chi connectivity index (χ1) is 8.34. The van der Waals surface area contributed by atoms with Gasteiger partial charge in [0.15, 0.2) is 5.96 Å².